The third-order valence-electron chi connectivity index (χ3n) is 3.57. The van der Waals surface area contributed by atoms with Gasteiger partial charge in [0.15, 0.2) is 17.5 Å². The van der Waals surface area contributed by atoms with Gasteiger partial charge in [-0.2, -0.15) is 0 Å². The van der Waals surface area contributed by atoms with E-state index in [0.717, 1.165) is 6.07 Å². The van der Waals surface area contributed by atoms with E-state index in [2.05, 4.69) is 5.32 Å². The minimum Gasteiger partial charge on any atom is -0.481 e. The molecule has 0 saturated carbocycles. The van der Waals surface area contributed by atoms with Gasteiger partial charge in [-0.05, 0) is 24.5 Å². The monoisotopic (exact) mass is 316 g/mol. The maximum atomic E-state index is 13.5. The number of rotatable bonds is 2. The molecule has 2 amide bonds. The second kappa shape index (κ2) is 6.25. The number of piperidine rings is 1. The van der Waals surface area contributed by atoms with Crippen LogP contribution in [0, 0.1) is 29.3 Å². The number of benzene rings is 1. The molecule has 22 heavy (non-hydrogen) atoms. The zero-order valence-electron chi connectivity index (χ0n) is 11.8. The minimum absolute atomic E-state index is 0.0171. The Morgan fingerprint density at radius 3 is 2.55 bits per heavy atom. The lowest BCUT2D eigenvalue weighted by Crippen LogP contribution is -2.47. The van der Waals surface area contributed by atoms with Crippen LogP contribution in [-0.4, -0.2) is 35.1 Å². The van der Waals surface area contributed by atoms with Gasteiger partial charge in [-0.15, -0.1) is 0 Å². The summed E-state index contributed by atoms with van der Waals surface area (Å²) in [5, 5.41) is 11.2. The smallest absolute Gasteiger partial charge is 0.321 e. The fraction of sp³-hybridized carbons (Fsp3) is 0.429. The fourth-order valence-electron chi connectivity index (χ4n) is 2.51. The maximum Gasteiger partial charge on any atom is 0.321 e. The lowest BCUT2D eigenvalue weighted by molar-refractivity contribution is -0.143. The van der Waals surface area contributed by atoms with Crippen molar-refractivity contribution < 1.29 is 27.9 Å². The predicted octanol–water partition coefficient (Wildman–Crippen LogP) is 2.68. The molecule has 120 valence electrons. The molecule has 0 aromatic heterocycles. The van der Waals surface area contributed by atoms with Crippen LogP contribution >= 0.6 is 0 Å². The number of urea groups is 1. The van der Waals surface area contributed by atoms with Gasteiger partial charge in [-0.1, -0.05) is 6.92 Å². The van der Waals surface area contributed by atoms with Crippen molar-refractivity contribution in [3.8, 4) is 0 Å². The Morgan fingerprint density at radius 2 is 1.91 bits per heavy atom. The summed E-state index contributed by atoms with van der Waals surface area (Å²) < 4.78 is 39.5. The molecule has 1 saturated heterocycles. The molecular formula is C14H15F3N2O3. The van der Waals surface area contributed by atoms with Crippen molar-refractivity contribution in [2.75, 3.05) is 18.4 Å². The first-order valence-electron chi connectivity index (χ1n) is 6.71. The molecule has 1 fully saturated rings. The molecule has 2 atom stereocenters. The maximum absolute atomic E-state index is 13.5. The number of nitrogens with zero attached hydrogens (tertiary/aromatic N) is 1. The highest BCUT2D eigenvalue weighted by molar-refractivity contribution is 5.90. The van der Waals surface area contributed by atoms with E-state index in [4.69, 9.17) is 5.11 Å². The van der Waals surface area contributed by atoms with Gasteiger partial charge in [0.1, 0.15) is 0 Å². The zero-order chi connectivity index (χ0) is 16.4. The van der Waals surface area contributed by atoms with Gasteiger partial charge in [-0.3, -0.25) is 4.79 Å². The standard InChI is InChI=1S/C14H15F3N2O3/c1-7-4-8(13(20)21)6-19(5-7)14(22)18-10-3-2-9(15)11(16)12(10)17/h2-3,7-8H,4-6H2,1H3,(H,18,22)(H,20,21). The molecule has 8 heteroatoms. The Bertz CT molecular complexity index is 609. The van der Waals surface area contributed by atoms with Gasteiger partial charge in [0.2, 0.25) is 0 Å². The zero-order valence-corrected chi connectivity index (χ0v) is 11.8. The normalized spacial score (nSPS) is 21.5. The number of aliphatic carboxylic acids is 1. The molecule has 2 unspecified atom stereocenters. The third-order valence-corrected chi connectivity index (χ3v) is 3.57. The van der Waals surface area contributed by atoms with Gasteiger partial charge >= 0.3 is 12.0 Å². The van der Waals surface area contributed by atoms with Crippen molar-refractivity contribution in [1.82, 2.24) is 4.90 Å². The molecule has 0 spiro atoms. The van der Waals surface area contributed by atoms with E-state index in [0.29, 0.717) is 19.0 Å². The molecule has 0 radical (unpaired) electrons. The number of nitrogens with one attached hydrogen (secondary N) is 1. The van der Waals surface area contributed by atoms with Gasteiger partial charge in [-0.25, -0.2) is 18.0 Å². The third kappa shape index (κ3) is 3.32. The van der Waals surface area contributed by atoms with E-state index in [1.165, 1.54) is 4.90 Å². The molecule has 1 heterocycles. The quantitative estimate of drug-likeness (QED) is 0.824. The predicted molar refractivity (Wildman–Crippen MR) is 71.8 cm³/mol. The summed E-state index contributed by atoms with van der Waals surface area (Å²) >= 11 is 0. The summed E-state index contributed by atoms with van der Waals surface area (Å²) in [5.41, 5.74) is -0.492. The number of anilines is 1. The first-order valence-corrected chi connectivity index (χ1v) is 6.71. The summed E-state index contributed by atoms with van der Waals surface area (Å²) in [5.74, 6) is -6.27. The largest absolute Gasteiger partial charge is 0.481 e. The average molecular weight is 316 g/mol. The summed E-state index contributed by atoms with van der Waals surface area (Å²) in [6.07, 6.45) is 0.443. The Morgan fingerprint density at radius 1 is 1.23 bits per heavy atom. The van der Waals surface area contributed by atoms with Crippen LogP contribution in [0.5, 0.6) is 0 Å². The molecular weight excluding hydrogens is 301 g/mol. The van der Waals surface area contributed by atoms with Crippen LogP contribution in [0.3, 0.4) is 0 Å². The second-order valence-electron chi connectivity index (χ2n) is 5.43. The van der Waals surface area contributed by atoms with Crippen molar-refractivity contribution in [2.45, 2.75) is 13.3 Å². The van der Waals surface area contributed by atoms with E-state index in [9.17, 15) is 22.8 Å². The average Bonchev–Trinajstić information content (AvgIpc) is 2.47. The van der Waals surface area contributed by atoms with Crippen molar-refractivity contribution in [3.63, 3.8) is 0 Å². The number of carboxylic acid groups (broad SMARTS) is 1. The number of carbonyl (C=O) groups is 2. The molecule has 1 aliphatic rings. The molecule has 2 N–H and O–H groups in total. The Hall–Kier alpha value is -2.25. The summed E-state index contributed by atoms with van der Waals surface area (Å²) in [4.78, 5) is 24.4. The highest BCUT2D eigenvalue weighted by Crippen LogP contribution is 2.24. The van der Waals surface area contributed by atoms with Crippen LogP contribution < -0.4 is 5.32 Å². The van der Waals surface area contributed by atoms with Crippen molar-refractivity contribution in [3.05, 3.63) is 29.6 Å². The first kappa shape index (κ1) is 16.1. The second-order valence-corrected chi connectivity index (χ2v) is 5.43. The number of amides is 2. The molecule has 1 aromatic rings. The van der Waals surface area contributed by atoms with Crippen LogP contribution in [0.25, 0.3) is 0 Å². The van der Waals surface area contributed by atoms with Crippen LogP contribution in [0.2, 0.25) is 0 Å². The number of carboxylic acids is 1. The van der Waals surface area contributed by atoms with E-state index >= 15 is 0 Å². The minimum atomic E-state index is -1.67. The van der Waals surface area contributed by atoms with Gasteiger partial charge in [0.05, 0.1) is 11.6 Å². The van der Waals surface area contributed by atoms with Crippen molar-refractivity contribution in [1.29, 1.82) is 0 Å². The lowest BCUT2D eigenvalue weighted by atomic mass is 9.91. The van der Waals surface area contributed by atoms with Crippen LogP contribution in [-0.2, 0) is 4.79 Å². The van der Waals surface area contributed by atoms with Crippen LogP contribution in [0.4, 0.5) is 23.7 Å². The summed E-state index contributed by atoms with van der Waals surface area (Å²) in [6.45, 7) is 2.09. The van der Waals surface area contributed by atoms with E-state index in [1.54, 1.807) is 6.92 Å². The fourth-order valence-corrected chi connectivity index (χ4v) is 2.51. The lowest BCUT2D eigenvalue weighted by Gasteiger charge is -2.34. The number of halogens is 3. The topological polar surface area (TPSA) is 69.6 Å². The molecule has 5 nitrogen and oxygen atoms in total. The van der Waals surface area contributed by atoms with Crippen LogP contribution in [0.1, 0.15) is 13.3 Å². The van der Waals surface area contributed by atoms with Gasteiger partial charge < -0.3 is 15.3 Å². The molecule has 0 bridgehead atoms. The molecule has 1 aliphatic heterocycles. The van der Waals surface area contributed by atoms with E-state index in [-0.39, 0.29) is 12.5 Å². The van der Waals surface area contributed by atoms with Crippen molar-refractivity contribution >= 4 is 17.7 Å². The highest BCUT2D eigenvalue weighted by atomic mass is 19.2. The Balaban J connectivity index is 2.12. The summed E-state index contributed by atoms with van der Waals surface area (Å²) in [7, 11) is 0. The first-order chi connectivity index (χ1) is 10.3. The van der Waals surface area contributed by atoms with Crippen molar-refractivity contribution in [2.24, 2.45) is 11.8 Å². The van der Waals surface area contributed by atoms with E-state index in [1.807, 2.05) is 0 Å². The highest BCUT2D eigenvalue weighted by Gasteiger charge is 2.32. The number of hydrogen-bond acceptors (Lipinski definition) is 2. The molecule has 1 aromatic carbocycles. The molecule has 2 rings (SSSR count). The van der Waals surface area contributed by atoms with Crippen LogP contribution in [0.15, 0.2) is 12.1 Å². The Kier molecular flexibility index (Phi) is 4.58. The summed E-state index contributed by atoms with van der Waals surface area (Å²) in [6, 6.07) is 0.864. The van der Waals surface area contributed by atoms with Gasteiger partial charge in [0.25, 0.3) is 0 Å². The van der Waals surface area contributed by atoms with Gasteiger partial charge in [0, 0.05) is 13.1 Å². The number of carbonyl (C=O) groups excluding carboxylic acids is 1. The number of hydrogen-bond donors (Lipinski definition) is 2. The Labute approximate surface area is 124 Å². The molecule has 0 aliphatic carbocycles. The van der Waals surface area contributed by atoms with E-state index < -0.39 is 41.1 Å². The SMILES string of the molecule is CC1CC(C(=O)O)CN(C(=O)Nc2ccc(F)c(F)c2F)C1. The number of likely N-dealkylation sites (tertiary alicyclic amines) is 1.